The summed E-state index contributed by atoms with van der Waals surface area (Å²) in [4.78, 5) is 4.57. The van der Waals surface area contributed by atoms with Gasteiger partial charge in [0.15, 0.2) is 0 Å². The Morgan fingerprint density at radius 1 is 1.17 bits per heavy atom. The Morgan fingerprint density at radius 2 is 1.83 bits per heavy atom. The highest BCUT2D eigenvalue weighted by Gasteiger charge is 2.11. The molecule has 0 aliphatic heterocycles. The maximum atomic E-state index is 6.13. The lowest BCUT2D eigenvalue weighted by Crippen LogP contribution is -2.32. The maximum Gasteiger partial charge on any atom is 0.0656 e. The quantitative estimate of drug-likeness (QED) is 0.806. The zero-order valence-electron chi connectivity index (χ0n) is 11.8. The molecule has 1 aromatic carbocycles. The van der Waals surface area contributed by atoms with Crippen LogP contribution < -0.4 is 10.6 Å². The van der Waals surface area contributed by atoms with E-state index >= 15 is 0 Å². The first kappa shape index (κ1) is 15.1. The van der Waals surface area contributed by atoms with Gasteiger partial charge in [0, 0.05) is 25.3 Å². The number of anilines is 2. The normalized spacial score (nSPS) is 11.0. The Hall–Kier alpha value is -0.930. The molecule has 1 aromatic rings. The molecule has 0 aliphatic rings. The highest BCUT2D eigenvalue weighted by atomic mass is 35.5. The van der Waals surface area contributed by atoms with Crippen LogP contribution in [0.5, 0.6) is 0 Å². The van der Waals surface area contributed by atoms with Crippen LogP contribution in [0.2, 0.25) is 5.02 Å². The van der Waals surface area contributed by atoms with E-state index in [1.165, 1.54) is 11.3 Å². The van der Waals surface area contributed by atoms with Crippen molar-refractivity contribution in [2.24, 2.45) is 0 Å². The molecule has 0 saturated carbocycles. The molecule has 0 unspecified atom stereocenters. The highest BCUT2D eigenvalue weighted by Crippen LogP contribution is 2.29. The van der Waals surface area contributed by atoms with Gasteiger partial charge in [-0.05, 0) is 45.1 Å². The molecule has 0 atom stereocenters. The largest absolute Gasteiger partial charge is 0.398 e. The molecule has 18 heavy (non-hydrogen) atoms. The van der Waals surface area contributed by atoms with Gasteiger partial charge in [0.2, 0.25) is 0 Å². The lowest BCUT2D eigenvalue weighted by atomic mass is 10.1. The van der Waals surface area contributed by atoms with Crippen molar-refractivity contribution in [3.8, 4) is 0 Å². The van der Waals surface area contributed by atoms with Crippen LogP contribution in [0.3, 0.4) is 0 Å². The highest BCUT2D eigenvalue weighted by molar-refractivity contribution is 6.33. The standard InChI is InChI=1S/C14H24ClN3/c1-5-6-18(8-7-17(3)4)14-10-12(15)13(16)9-11(14)2/h9-10H,5-8,16H2,1-4H3. The van der Waals surface area contributed by atoms with Crippen LogP contribution >= 0.6 is 11.6 Å². The van der Waals surface area contributed by atoms with E-state index in [0.29, 0.717) is 10.7 Å². The lowest BCUT2D eigenvalue weighted by molar-refractivity contribution is 0.413. The zero-order chi connectivity index (χ0) is 13.7. The van der Waals surface area contributed by atoms with Crippen molar-refractivity contribution in [1.82, 2.24) is 4.90 Å². The van der Waals surface area contributed by atoms with Crippen molar-refractivity contribution < 1.29 is 0 Å². The summed E-state index contributed by atoms with van der Waals surface area (Å²) in [6.45, 7) is 7.34. The first-order chi connectivity index (χ1) is 8.45. The predicted molar refractivity (Wildman–Crippen MR) is 81.7 cm³/mol. The number of hydrogen-bond donors (Lipinski definition) is 1. The predicted octanol–water partition coefficient (Wildman–Crippen LogP) is 3.01. The second-order valence-electron chi connectivity index (χ2n) is 4.95. The average molecular weight is 270 g/mol. The van der Waals surface area contributed by atoms with E-state index in [-0.39, 0.29) is 0 Å². The smallest absolute Gasteiger partial charge is 0.0656 e. The van der Waals surface area contributed by atoms with E-state index in [9.17, 15) is 0 Å². The minimum Gasteiger partial charge on any atom is -0.398 e. The molecule has 0 aromatic heterocycles. The van der Waals surface area contributed by atoms with E-state index in [1.807, 2.05) is 12.1 Å². The van der Waals surface area contributed by atoms with E-state index < -0.39 is 0 Å². The van der Waals surface area contributed by atoms with E-state index in [4.69, 9.17) is 17.3 Å². The van der Waals surface area contributed by atoms with Gasteiger partial charge in [-0.1, -0.05) is 18.5 Å². The third-order valence-corrected chi connectivity index (χ3v) is 3.29. The van der Waals surface area contributed by atoms with Gasteiger partial charge in [-0.15, -0.1) is 0 Å². The Bertz CT molecular complexity index is 391. The second-order valence-corrected chi connectivity index (χ2v) is 5.36. The molecule has 0 spiro atoms. The molecule has 3 nitrogen and oxygen atoms in total. The molecule has 1 rings (SSSR count). The number of nitrogens with zero attached hydrogens (tertiary/aromatic N) is 2. The molecule has 0 fully saturated rings. The van der Waals surface area contributed by atoms with Crippen molar-refractivity contribution >= 4 is 23.0 Å². The van der Waals surface area contributed by atoms with E-state index in [2.05, 4.69) is 37.7 Å². The van der Waals surface area contributed by atoms with Gasteiger partial charge < -0.3 is 15.5 Å². The number of halogens is 1. The van der Waals surface area contributed by atoms with E-state index in [0.717, 1.165) is 26.1 Å². The van der Waals surface area contributed by atoms with Crippen LogP contribution in [0.25, 0.3) is 0 Å². The first-order valence-corrected chi connectivity index (χ1v) is 6.78. The molecule has 0 heterocycles. The summed E-state index contributed by atoms with van der Waals surface area (Å²) in [5, 5.41) is 0.640. The van der Waals surface area contributed by atoms with Crippen molar-refractivity contribution in [3.63, 3.8) is 0 Å². The number of likely N-dealkylation sites (N-methyl/N-ethyl adjacent to an activating group) is 1. The van der Waals surface area contributed by atoms with Crippen LogP contribution in [0, 0.1) is 6.92 Å². The molecule has 0 amide bonds. The molecule has 0 aliphatic carbocycles. The van der Waals surface area contributed by atoms with Gasteiger partial charge in [-0.3, -0.25) is 0 Å². The number of nitrogen functional groups attached to an aromatic ring is 1. The van der Waals surface area contributed by atoms with Gasteiger partial charge in [0.05, 0.1) is 10.7 Å². The Morgan fingerprint density at radius 3 is 2.39 bits per heavy atom. The van der Waals surface area contributed by atoms with Crippen LogP contribution in [-0.2, 0) is 0 Å². The number of hydrogen-bond acceptors (Lipinski definition) is 3. The first-order valence-electron chi connectivity index (χ1n) is 6.41. The maximum absolute atomic E-state index is 6.13. The lowest BCUT2D eigenvalue weighted by Gasteiger charge is -2.28. The monoisotopic (exact) mass is 269 g/mol. The Balaban J connectivity index is 2.94. The summed E-state index contributed by atoms with van der Waals surface area (Å²) in [6.07, 6.45) is 1.12. The third kappa shape index (κ3) is 4.07. The minimum absolute atomic E-state index is 0.640. The SMILES string of the molecule is CCCN(CCN(C)C)c1cc(Cl)c(N)cc1C. The van der Waals surface area contributed by atoms with Crippen molar-refractivity contribution in [1.29, 1.82) is 0 Å². The number of benzene rings is 1. The molecule has 102 valence electrons. The van der Waals surface area contributed by atoms with Crippen molar-refractivity contribution in [2.75, 3.05) is 44.4 Å². The summed E-state index contributed by atoms with van der Waals surface area (Å²) >= 11 is 6.13. The fraction of sp³-hybridized carbons (Fsp3) is 0.571. The van der Waals surface area contributed by atoms with Crippen LogP contribution in [0.15, 0.2) is 12.1 Å². The number of nitrogens with two attached hydrogens (primary N) is 1. The van der Waals surface area contributed by atoms with Gasteiger partial charge in [0.25, 0.3) is 0 Å². The molecule has 0 bridgehead atoms. The van der Waals surface area contributed by atoms with Crippen molar-refractivity contribution in [3.05, 3.63) is 22.7 Å². The van der Waals surface area contributed by atoms with Crippen LogP contribution in [0.1, 0.15) is 18.9 Å². The zero-order valence-corrected chi connectivity index (χ0v) is 12.6. The average Bonchev–Trinajstić information content (AvgIpc) is 2.29. The van der Waals surface area contributed by atoms with Crippen LogP contribution in [-0.4, -0.2) is 38.6 Å². The number of aryl methyl sites for hydroxylation is 1. The third-order valence-electron chi connectivity index (χ3n) is 2.97. The van der Waals surface area contributed by atoms with Crippen molar-refractivity contribution in [2.45, 2.75) is 20.3 Å². The van der Waals surface area contributed by atoms with Crippen LogP contribution in [0.4, 0.5) is 11.4 Å². The van der Waals surface area contributed by atoms with Gasteiger partial charge >= 0.3 is 0 Å². The minimum atomic E-state index is 0.640. The summed E-state index contributed by atoms with van der Waals surface area (Å²) in [6, 6.07) is 3.94. The van der Waals surface area contributed by atoms with Gasteiger partial charge in [-0.2, -0.15) is 0 Å². The van der Waals surface area contributed by atoms with Gasteiger partial charge in [-0.25, -0.2) is 0 Å². The summed E-state index contributed by atoms with van der Waals surface area (Å²) < 4.78 is 0. The molecular weight excluding hydrogens is 246 g/mol. The molecule has 2 N–H and O–H groups in total. The van der Waals surface area contributed by atoms with E-state index in [1.54, 1.807) is 0 Å². The topological polar surface area (TPSA) is 32.5 Å². The molecule has 0 radical (unpaired) electrons. The molecular formula is C14H24ClN3. The Labute approximate surface area is 116 Å². The fourth-order valence-corrected chi connectivity index (χ4v) is 2.14. The summed E-state index contributed by atoms with van der Waals surface area (Å²) in [5.41, 5.74) is 8.86. The number of rotatable bonds is 6. The summed E-state index contributed by atoms with van der Waals surface area (Å²) in [5.74, 6) is 0. The van der Waals surface area contributed by atoms with Gasteiger partial charge in [0.1, 0.15) is 0 Å². The Kier molecular flexibility index (Phi) is 5.76. The molecule has 4 heteroatoms. The molecule has 0 saturated heterocycles. The second kappa shape index (κ2) is 6.86. The summed E-state index contributed by atoms with van der Waals surface area (Å²) in [7, 11) is 4.18. The fourth-order valence-electron chi connectivity index (χ4n) is 1.98.